The van der Waals surface area contributed by atoms with Gasteiger partial charge in [0.2, 0.25) is 0 Å². The van der Waals surface area contributed by atoms with E-state index in [0.29, 0.717) is 34.4 Å². The Hall–Kier alpha value is -4.30. The summed E-state index contributed by atoms with van der Waals surface area (Å²) in [7, 11) is 0. The van der Waals surface area contributed by atoms with E-state index in [2.05, 4.69) is 31.8 Å². The molecular weight excluding hydrogens is 513 g/mol. The summed E-state index contributed by atoms with van der Waals surface area (Å²) < 4.78 is 21.8. The number of carbonyl (C=O) groups is 1. The Morgan fingerprint density at radius 3 is 2.67 bits per heavy atom. The number of nitrogens with one attached hydrogen (secondary N) is 2. The van der Waals surface area contributed by atoms with Gasteiger partial charge < -0.3 is 20.2 Å². The molecule has 4 aromatic rings. The highest BCUT2D eigenvalue weighted by Gasteiger charge is 2.29. The Morgan fingerprint density at radius 2 is 2.00 bits per heavy atom. The smallest absolute Gasteiger partial charge is 0.255 e. The topological polar surface area (TPSA) is 141 Å². The van der Waals surface area contributed by atoms with Crippen molar-refractivity contribution in [3.05, 3.63) is 65.6 Å². The molecule has 1 atom stereocenters. The molecule has 1 aliphatic carbocycles. The van der Waals surface area contributed by atoms with E-state index in [1.54, 1.807) is 22.8 Å². The van der Waals surface area contributed by atoms with Gasteiger partial charge >= 0.3 is 0 Å². The number of nitriles is 1. The van der Waals surface area contributed by atoms with Gasteiger partial charge in [-0.05, 0) is 63.8 Å². The lowest BCUT2D eigenvalue weighted by Crippen LogP contribution is -2.42. The molecule has 4 aromatic heterocycles. The number of amides is 1. The van der Waals surface area contributed by atoms with Crippen molar-refractivity contribution in [2.45, 2.75) is 70.2 Å². The quantitative estimate of drug-likeness (QED) is 0.293. The van der Waals surface area contributed by atoms with Crippen molar-refractivity contribution >= 4 is 17.1 Å². The summed E-state index contributed by atoms with van der Waals surface area (Å²) in [6, 6.07) is 9.44. The summed E-state index contributed by atoms with van der Waals surface area (Å²) in [6.45, 7) is 4.22. The average Bonchev–Trinajstić information content (AvgIpc) is 3.57. The molecule has 0 radical (unpaired) electrons. The molecule has 0 saturated heterocycles. The number of hydrogen-bond acceptors (Lipinski definition) is 8. The SMILES string of the molecule is Cc1ncc(C2CCC(Nc3cc(-c4ccc5cc(C#N)cnn45)ncc3C(=O)NC[C@@H](F)C(C)(C)O)CC2)o1. The maximum atomic E-state index is 14.4. The van der Waals surface area contributed by atoms with E-state index in [4.69, 9.17) is 4.42 Å². The van der Waals surface area contributed by atoms with Gasteiger partial charge in [0.25, 0.3) is 5.91 Å². The van der Waals surface area contributed by atoms with Crippen LogP contribution in [0.5, 0.6) is 0 Å². The zero-order valence-corrected chi connectivity index (χ0v) is 22.7. The minimum absolute atomic E-state index is 0.104. The van der Waals surface area contributed by atoms with Gasteiger partial charge in [-0.2, -0.15) is 10.4 Å². The molecule has 0 aliphatic heterocycles. The molecule has 10 nitrogen and oxygen atoms in total. The molecule has 1 fully saturated rings. The van der Waals surface area contributed by atoms with Crippen molar-refractivity contribution in [2.75, 3.05) is 11.9 Å². The number of rotatable bonds is 8. The molecule has 11 heteroatoms. The minimum atomic E-state index is -1.63. The van der Waals surface area contributed by atoms with E-state index in [0.717, 1.165) is 37.0 Å². The van der Waals surface area contributed by atoms with Crippen molar-refractivity contribution < 1.29 is 18.7 Å². The van der Waals surface area contributed by atoms with Crippen LogP contribution in [0.15, 0.2) is 47.3 Å². The van der Waals surface area contributed by atoms with Gasteiger partial charge in [0.1, 0.15) is 18.0 Å². The first-order chi connectivity index (χ1) is 19.1. The van der Waals surface area contributed by atoms with E-state index in [1.807, 2.05) is 19.1 Å². The molecule has 3 N–H and O–H groups in total. The summed E-state index contributed by atoms with van der Waals surface area (Å²) >= 11 is 0. The summed E-state index contributed by atoms with van der Waals surface area (Å²) in [5.74, 6) is 1.37. The number of hydrogen-bond donors (Lipinski definition) is 3. The molecule has 4 heterocycles. The number of aliphatic hydroxyl groups is 1. The molecule has 0 unspecified atom stereocenters. The number of aromatic nitrogens is 4. The van der Waals surface area contributed by atoms with Crippen LogP contribution in [0.4, 0.5) is 10.1 Å². The summed E-state index contributed by atoms with van der Waals surface area (Å²) in [6.07, 6.45) is 6.67. The molecule has 1 aliphatic rings. The lowest BCUT2D eigenvalue weighted by Gasteiger charge is -2.29. The molecule has 5 rings (SSSR count). The highest BCUT2D eigenvalue weighted by atomic mass is 19.1. The predicted molar refractivity (Wildman–Crippen MR) is 147 cm³/mol. The summed E-state index contributed by atoms with van der Waals surface area (Å²) in [5.41, 5.74) is 1.75. The van der Waals surface area contributed by atoms with Gasteiger partial charge in [0.15, 0.2) is 5.89 Å². The van der Waals surface area contributed by atoms with Gasteiger partial charge in [-0.1, -0.05) is 0 Å². The molecule has 208 valence electrons. The van der Waals surface area contributed by atoms with E-state index in [9.17, 15) is 19.6 Å². The summed E-state index contributed by atoms with van der Waals surface area (Å²) in [5, 5.41) is 29.6. The molecule has 0 bridgehead atoms. The fourth-order valence-corrected chi connectivity index (χ4v) is 4.99. The molecule has 1 amide bonds. The first kappa shape index (κ1) is 27.3. The minimum Gasteiger partial charge on any atom is -0.446 e. The molecule has 1 saturated carbocycles. The second-order valence-electron chi connectivity index (χ2n) is 10.8. The first-order valence-corrected chi connectivity index (χ1v) is 13.3. The van der Waals surface area contributed by atoms with Gasteiger partial charge in [0, 0.05) is 25.1 Å². The van der Waals surface area contributed by atoms with Crippen LogP contribution in [-0.4, -0.2) is 55.0 Å². The van der Waals surface area contributed by atoms with Crippen LogP contribution in [0.2, 0.25) is 0 Å². The maximum absolute atomic E-state index is 14.4. The van der Waals surface area contributed by atoms with Crippen molar-refractivity contribution in [1.29, 1.82) is 5.26 Å². The number of oxazole rings is 1. The number of nitrogens with zero attached hydrogens (tertiary/aromatic N) is 5. The van der Waals surface area contributed by atoms with E-state index in [-0.39, 0.29) is 18.2 Å². The van der Waals surface area contributed by atoms with Crippen LogP contribution in [0.25, 0.3) is 16.9 Å². The lowest BCUT2D eigenvalue weighted by atomic mass is 9.84. The average molecular weight is 546 g/mol. The molecule has 0 aromatic carbocycles. The largest absolute Gasteiger partial charge is 0.446 e. The van der Waals surface area contributed by atoms with Crippen molar-refractivity contribution in [2.24, 2.45) is 0 Å². The lowest BCUT2D eigenvalue weighted by molar-refractivity contribution is -0.00177. The third kappa shape index (κ3) is 5.82. The van der Waals surface area contributed by atoms with Crippen molar-refractivity contribution in [1.82, 2.24) is 24.9 Å². The zero-order valence-electron chi connectivity index (χ0n) is 22.7. The van der Waals surface area contributed by atoms with Gasteiger partial charge in [0.05, 0.1) is 58.3 Å². The third-order valence-electron chi connectivity index (χ3n) is 7.38. The van der Waals surface area contributed by atoms with Crippen LogP contribution in [-0.2, 0) is 0 Å². The normalized spacial score (nSPS) is 18.3. The molecule has 0 spiro atoms. The Bertz CT molecular complexity index is 1560. The molecule has 40 heavy (non-hydrogen) atoms. The Labute approximate surface area is 231 Å². The van der Waals surface area contributed by atoms with Crippen molar-refractivity contribution in [3.8, 4) is 17.5 Å². The van der Waals surface area contributed by atoms with Gasteiger partial charge in [-0.25, -0.2) is 13.9 Å². The van der Waals surface area contributed by atoms with E-state index >= 15 is 0 Å². The Balaban J connectivity index is 1.40. The number of halogens is 1. The highest BCUT2D eigenvalue weighted by Crippen LogP contribution is 2.35. The van der Waals surface area contributed by atoms with Crippen LogP contribution >= 0.6 is 0 Å². The van der Waals surface area contributed by atoms with Crippen LogP contribution in [0.3, 0.4) is 0 Å². The van der Waals surface area contributed by atoms with Crippen LogP contribution in [0.1, 0.15) is 73.0 Å². The fraction of sp³-hybridized carbons (Fsp3) is 0.414. The fourth-order valence-electron chi connectivity index (χ4n) is 4.99. The maximum Gasteiger partial charge on any atom is 0.255 e. The monoisotopic (exact) mass is 545 g/mol. The molecular formula is C29H32FN7O3. The number of fused-ring (bicyclic) bond motifs is 1. The van der Waals surface area contributed by atoms with E-state index in [1.165, 1.54) is 26.2 Å². The Morgan fingerprint density at radius 1 is 1.23 bits per heavy atom. The number of aryl methyl sites for hydroxylation is 1. The van der Waals surface area contributed by atoms with Crippen LogP contribution < -0.4 is 10.6 Å². The zero-order chi connectivity index (χ0) is 28.4. The number of anilines is 1. The summed E-state index contributed by atoms with van der Waals surface area (Å²) in [4.78, 5) is 21.9. The number of pyridine rings is 1. The van der Waals surface area contributed by atoms with Crippen LogP contribution in [0, 0.1) is 18.3 Å². The van der Waals surface area contributed by atoms with Crippen molar-refractivity contribution in [3.63, 3.8) is 0 Å². The van der Waals surface area contributed by atoms with E-state index < -0.39 is 17.7 Å². The predicted octanol–water partition coefficient (Wildman–Crippen LogP) is 4.54. The highest BCUT2D eigenvalue weighted by molar-refractivity contribution is 6.00. The van der Waals surface area contributed by atoms with Gasteiger partial charge in [-0.15, -0.1) is 0 Å². The van der Waals surface area contributed by atoms with Gasteiger partial charge in [-0.3, -0.25) is 9.78 Å². The number of carbonyl (C=O) groups excluding carboxylic acids is 1. The third-order valence-corrected chi connectivity index (χ3v) is 7.38. The standard InChI is InChI=1S/C29H32FN7O3/c1-17-32-15-26(40-17)19-4-6-20(7-5-19)36-23-11-24(25-9-8-21-10-18(12-31)13-35-37(21)25)33-14-22(23)28(38)34-16-27(30)29(2,3)39/h8-11,13-15,19-20,27,39H,4-7,16H2,1-3H3,(H,33,36)(H,34,38)/t19?,20?,27-/m1/s1. The Kier molecular flexibility index (Phi) is 7.54. The second kappa shape index (κ2) is 11.1. The second-order valence-corrected chi connectivity index (χ2v) is 10.8. The first-order valence-electron chi connectivity index (χ1n) is 13.3. The number of alkyl halides is 1.